The van der Waals surface area contributed by atoms with Gasteiger partial charge >= 0.3 is 5.97 Å². The summed E-state index contributed by atoms with van der Waals surface area (Å²) in [6, 6.07) is 6.36. The number of nitriles is 1. The van der Waals surface area contributed by atoms with Gasteiger partial charge in [0.05, 0.1) is 10.6 Å². The number of likely N-dealkylation sites (tertiary alicyclic amines) is 1. The highest BCUT2D eigenvalue weighted by molar-refractivity contribution is 6.32. The molecule has 7 nitrogen and oxygen atoms in total. The molecule has 1 aromatic rings. The lowest BCUT2D eigenvalue weighted by Gasteiger charge is -2.17. The van der Waals surface area contributed by atoms with Crippen LogP contribution in [-0.2, 0) is 19.1 Å². The van der Waals surface area contributed by atoms with E-state index in [0.29, 0.717) is 24.2 Å². The van der Waals surface area contributed by atoms with E-state index in [1.54, 1.807) is 0 Å². The minimum Gasteiger partial charge on any atom is -0.451 e. The quantitative estimate of drug-likeness (QED) is 0.816. The Balaban J connectivity index is 1.87. The van der Waals surface area contributed by atoms with Crippen LogP contribution in [0.5, 0.6) is 0 Å². The summed E-state index contributed by atoms with van der Waals surface area (Å²) >= 11 is 5.89. The molecule has 1 aromatic carbocycles. The number of nitrogens with zero attached hydrogens (tertiary/aromatic N) is 2. The second-order valence-corrected chi connectivity index (χ2v) is 5.75. The van der Waals surface area contributed by atoms with Gasteiger partial charge in [-0.3, -0.25) is 14.4 Å². The van der Waals surface area contributed by atoms with Crippen molar-refractivity contribution in [1.29, 1.82) is 5.26 Å². The van der Waals surface area contributed by atoms with Gasteiger partial charge in [-0.05, 0) is 31.5 Å². The summed E-state index contributed by atoms with van der Waals surface area (Å²) in [5.74, 6) is -1.25. The van der Waals surface area contributed by atoms with E-state index in [0.717, 1.165) is 6.42 Å². The van der Waals surface area contributed by atoms with E-state index in [2.05, 4.69) is 5.32 Å². The maximum absolute atomic E-state index is 12.0. The Bertz CT molecular complexity index is 714. The van der Waals surface area contributed by atoms with Gasteiger partial charge in [-0.1, -0.05) is 11.6 Å². The third-order valence-electron chi connectivity index (χ3n) is 3.53. The van der Waals surface area contributed by atoms with Crippen molar-refractivity contribution in [3.63, 3.8) is 0 Å². The van der Waals surface area contributed by atoms with Crippen molar-refractivity contribution in [1.82, 2.24) is 4.90 Å². The molecule has 1 heterocycles. The van der Waals surface area contributed by atoms with Crippen molar-refractivity contribution in [2.45, 2.75) is 25.9 Å². The molecule has 0 spiro atoms. The molecule has 0 saturated carbocycles. The number of carbonyl (C=O) groups excluding carboxylic acids is 3. The molecule has 24 heavy (non-hydrogen) atoms. The highest BCUT2D eigenvalue weighted by atomic mass is 35.5. The predicted molar refractivity (Wildman–Crippen MR) is 86.2 cm³/mol. The van der Waals surface area contributed by atoms with Crippen LogP contribution in [0.15, 0.2) is 18.2 Å². The number of anilines is 1. The van der Waals surface area contributed by atoms with E-state index in [4.69, 9.17) is 21.6 Å². The SMILES string of the molecule is C[C@@H](OC(=O)CN1CCCC1=O)C(=O)Nc1ccc(C#N)c(Cl)c1. The Hall–Kier alpha value is -2.59. The molecule has 0 radical (unpaired) electrons. The van der Waals surface area contributed by atoms with E-state index >= 15 is 0 Å². The predicted octanol–water partition coefficient (Wildman–Crippen LogP) is 1.70. The maximum atomic E-state index is 12.0. The zero-order chi connectivity index (χ0) is 17.7. The monoisotopic (exact) mass is 349 g/mol. The minimum atomic E-state index is -1.02. The van der Waals surface area contributed by atoms with Crippen LogP contribution >= 0.6 is 11.6 Å². The van der Waals surface area contributed by atoms with Crippen LogP contribution in [-0.4, -0.2) is 41.9 Å². The lowest BCUT2D eigenvalue weighted by Crippen LogP contribution is -2.36. The number of hydrogen-bond acceptors (Lipinski definition) is 5. The first-order chi connectivity index (χ1) is 11.4. The van der Waals surface area contributed by atoms with E-state index in [9.17, 15) is 14.4 Å². The molecule has 1 aliphatic heterocycles. The fraction of sp³-hybridized carbons (Fsp3) is 0.375. The fourth-order valence-electron chi connectivity index (χ4n) is 2.24. The number of carbonyl (C=O) groups is 3. The number of halogens is 1. The average Bonchev–Trinajstić information content (AvgIpc) is 2.92. The number of amides is 2. The Morgan fingerprint density at radius 3 is 2.83 bits per heavy atom. The Kier molecular flexibility index (Phi) is 5.77. The number of esters is 1. The van der Waals surface area contributed by atoms with Gasteiger partial charge in [-0.25, -0.2) is 0 Å². The van der Waals surface area contributed by atoms with Gasteiger partial charge in [-0.2, -0.15) is 5.26 Å². The zero-order valence-corrected chi connectivity index (χ0v) is 13.8. The summed E-state index contributed by atoms with van der Waals surface area (Å²) in [4.78, 5) is 36.7. The Morgan fingerprint density at radius 1 is 1.50 bits per heavy atom. The molecule has 126 valence electrons. The van der Waals surface area contributed by atoms with Gasteiger partial charge in [0.1, 0.15) is 12.6 Å². The standard InChI is InChI=1S/C16H16ClN3O4/c1-10(24-15(22)9-20-6-2-3-14(20)21)16(23)19-12-5-4-11(8-18)13(17)7-12/h4-5,7,10H,2-3,6,9H2,1H3,(H,19,23)/t10-/m1/s1. The van der Waals surface area contributed by atoms with E-state index < -0.39 is 18.0 Å². The number of benzene rings is 1. The Labute approximate surface area is 144 Å². The number of nitrogens with one attached hydrogen (secondary N) is 1. The van der Waals surface area contributed by atoms with Gasteiger partial charge < -0.3 is 15.0 Å². The summed E-state index contributed by atoms with van der Waals surface area (Å²) in [7, 11) is 0. The fourth-order valence-corrected chi connectivity index (χ4v) is 2.47. The van der Waals surface area contributed by atoms with Crippen molar-refractivity contribution in [2.24, 2.45) is 0 Å². The summed E-state index contributed by atoms with van der Waals surface area (Å²) in [6.07, 6.45) is 0.134. The van der Waals surface area contributed by atoms with E-state index in [1.807, 2.05) is 6.07 Å². The molecule has 8 heteroatoms. The molecule has 2 amide bonds. The second kappa shape index (κ2) is 7.79. The first-order valence-corrected chi connectivity index (χ1v) is 7.76. The van der Waals surface area contributed by atoms with Gasteiger partial charge in [0.25, 0.3) is 5.91 Å². The molecule has 2 rings (SSSR count). The third-order valence-corrected chi connectivity index (χ3v) is 3.84. The molecule has 1 fully saturated rings. The zero-order valence-electron chi connectivity index (χ0n) is 13.0. The second-order valence-electron chi connectivity index (χ2n) is 5.35. The highest BCUT2D eigenvalue weighted by Gasteiger charge is 2.25. The molecule has 0 unspecified atom stereocenters. The van der Waals surface area contributed by atoms with Crippen molar-refractivity contribution >= 4 is 35.1 Å². The van der Waals surface area contributed by atoms with E-state index in [1.165, 1.54) is 30.0 Å². The largest absolute Gasteiger partial charge is 0.451 e. The summed E-state index contributed by atoms with van der Waals surface area (Å²) in [5, 5.41) is 11.6. The molecule has 0 aliphatic carbocycles. The molecule has 1 atom stereocenters. The van der Waals surface area contributed by atoms with Crippen molar-refractivity contribution in [2.75, 3.05) is 18.4 Å². The first kappa shape index (κ1) is 17.8. The van der Waals surface area contributed by atoms with Crippen LogP contribution in [0.3, 0.4) is 0 Å². The molecule has 1 N–H and O–H groups in total. The van der Waals surface area contributed by atoms with Crippen LogP contribution in [0.1, 0.15) is 25.3 Å². The molecule has 1 aliphatic rings. The summed E-state index contributed by atoms with van der Waals surface area (Å²) in [6.45, 7) is 1.81. The van der Waals surface area contributed by atoms with Crippen LogP contribution in [0, 0.1) is 11.3 Å². The van der Waals surface area contributed by atoms with Crippen LogP contribution in [0.2, 0.25) is 5.02 Å². The smallest absolute Gasteiger partial charge is 0.326 e. The number of rotatable bonds is 5. The van der Waals surface area contributed by atoms with Gasteiger partial charge in [0.2, 0.25) is 5.91 Å². The summed E-state index contributed by atoms with van der Waals surface area (Å²) in [5.41, 5.74) is 0.686. The number of hydrogen-bond donors (Lipinski definition) is 1. The average molecular weight is 350 g/mol. The molecular formula is C16H16ClN3O4. The molecule has 0 bridgehead atoms. The van der Waals surface area contributed by atoms with Gasteiger partial charge in [0.15, 0.2) is 6.10 Å². The maximum Gasteiger partial charge on any atom is 0.326 e. The van der Waals surface area contributed by atoms with Gasteiger partial charge in [-0.15, -0.1) is 0 Å². The van der Waals surface area contributed by atoms with Crippen LogP contribution in [0.25, 0.3) is 0 Å². The molecule has 1 saturated heterocycles. The topological polar surface area (TPSA) is 99.5 Å². The first-order valence-electron chi connectivity index (χ1n) is 7.38. The number of ether oxygens (including phenoxy) is 1. The molecular weight excluding hydrogens is 334 g/mol. The van der Waals surface area contributed by atoms with Crippen molar-refractivity contribution < 1.29 is 19.1 Å². The normalized spacial score (nSPS) is 14.9. The van der Waals surface area contributed by atoms with Gasteiger partial charge in [0, 0.05) is 18.7 Å². The van der Waals surface area contributed by atoms with Crippen molar-refractivity contribution in [3.8, 4) is 6.07 Å². The summed E-state index contributed by atoms with van der Waals surface area (Å²) < 4.78 is 5.04. The third kappa shape index (κ3) is 4.46. The van der Waals surface area contributed by atoms with Crippen molar-refractivity contribution in [3.05, 3.63) is 28.8 Å². The lowest BCUT2D eigenvalue weighted by molar-refractivity contribution is -0.155. The van der Waals surface area contributed by atoms with Crippen LogP contribution in [0.4, 0.5) is 5.69 Å². The Morgan fingerprint density at radius 2 is 2.25 bits per heavy atom. The van der Waals surface area contributed by atoms with E-state index in [-0.39, 0.29) is 17.5 Å². The lowest BCUT2D eigenvalue weighted by atomic mass is 10.2. The highest BCUT2D eigenvalue weighted by Crippen LogP contribution is 2.20. The molecule has 0 aromatic heterocycles. The van der Waals surface area contributed by atoms with Crippen LogP contribution < -0.4 is 5.32 Å². The minimum absolute atomic E-state index is 0.0868.